The average molecular weight is 183 g/mol. The molecule has 1 N–H and O–H groups in total. The van der Waals surface area contributed by atoms with Crippen LogP contribution in [0.5, 0.6) is 0 Å². The predicted molar refractivity (Wildman–Crippen MR) is 27.6 cm³/mol. The smallest absolute Gasteiger partial charge is 0.371 e. The van der Waals surface area contributed by atoms with Crippen LogP contribution in [0.15, 0.2) is 0 Å². The number of rotatable bonds is 2. The van der Waals surface area contributed by atoms with Gasteiger partial charge in [-0.15, -0.1) is 0 Å². The van der Waals surface area contributed by atoms with Crippen molar-refractivity contribution < 1.29 is 18.3 Å². The first kappa shape index (κ1) is 9.33. The molecule has 0 amide bonds. The van der Waals surface area contributed by atoms with E-state index in [1.54, 1.807) is 0 Å². The number of aliphatic hydroxyl groups excluding tert-OH is 1. The second-order valence-electron chi connectivity index (χ2n) is 1.36. The lowest BCUT2D eigenvalue weighted by Gasteiger charge is -2.19. The monoisotopic (exact) mass is 182 g/mol. The van der Waals surface area contributed by atoms with Crippen molar-refractivity contribution in [1.29, 1.82) is 0 Å². The fraction of sp³-hybridized carbons (Fsp3) is 1.00. The summed E-state index contributed by atoms with van der Waals surface area (Å²) in [5, 5.41) is 0.0645. The third-order valence-electron chi connectivity index (χ3n) is 0.613. The zero-order valence-electron chi connectivity index (χ0n) is 4.04. The SMILES string of the molecule is OCC(F)(Cl)C(F)(F)Cl. The highest BCUT2D eigenvalue weighted by molar-refractivity contribution is 6.32. The van der Waals surface area contributed by atoms with Gasteiger partial charge in [-0.3, -0.25) is 0 Å². The lowest BCUT2D eigenvalue weighted by molar-refractivity contribution is -0.0464. The van der Waals surface area contributed by atoms with Crippen molar-refractivity contribution in [3.63, 3.8) is 0 Å². The van der Waals surface area contributed by atoms with E-state index >= 15 is 0 Å². The summed E-state index contributed by atoms with van der Waals surface area (Å²) in [6.07, 6.45) is 0. The highest BCUT2D eigenvalue weighted by atomic mass is 35.5. The van der Waals surface area contributed by atoms with Gasteiger partial charge >= 0.3 is 5.38 Å². The zero-order chi connectivity index (χ0) is 7.71. The van der Waals surface area contributed by atoms with Crippen molar-refractivity contribution >= 4 is 23.2 Å². The molecule has 0 aromatic carbocycles. The second-order valence-corrected chi connectivity index (χ2v) is 2.43. The van der Waals surface area contributed by atoms with E-state index in [2.05, 4.69) is 23.2 Å². The van der Waals surface area contributed by atoms with Crippen LogP contribution < -0.4 is 0 Å². The van der Waals surface area contributed by atoms with E-state index in [0.717, 1.165) is 0 Å². The zero-order valence-corrected chi connectivity index (χ0v) is 5.56. The maximum atomic E-state index is 12.0. The van der Waals surface area contributed by atoms with Gasteiger partial charge in [-0.05, 0) is 11.6 Å². The molecule has 0 rings (SSSR count). The molecule has 1 nitrogen and oxygen atoms in total. The van der Waals surface area contributed by atoms with Crippen molar-refractivity contribution in [3.8, 4) is 0 Å². The van der Waals surface area contributed by atoms with E-state index in [1.165, 1.54) is 0 Å². The van der Waals surface area contributed by atoms with Gasteiger partial charge in [-0.2, -0.15) is 8.78 Å². The van der Waals surface area contributed by atoms with Crippen molar-refractivity contribution in [2.24, 2.45) is 0 Å². The van der Waals surface area contributed by atoms with Crippen LogP contribution in [0.4, 0.5) is 13.2 Å². The third-order valence-corrected chi connectivity index (χ3v) is 1.37. The first-order valence-electron chi connectivity index (χ1n) is 1.86. The molecule has 9 heavy (non-hydrogen) atoms. The topological polar surface area (TPSA) is 20.2 Å². The van der Waals surface area contributed by atoms with Gasteiger partial charge in [-0.25, -0.2) is 4.39 Å². The van der Waals surface area contributed by atoms with E-state index in [0.29, 0.717) is 0 Å². The highest BCUT2D eigenvalue weighted by Gasteiger charge is 2.52. The fourth-order valence-corrected chi connectivity index (χ4v) is 0.149. The van der Waals surface area contributed by atoms with E-state index in [-0.39, 0.29) is 0 Å². The summed E-state index contributed by atoms with van der Waals surface area (Å²) < 4.78 is 35.2. The Morgan fingerprint density at radius 1 is 1.22 bits per heavy atom. The molecular weight excluding hydrogens is 180 g/mol. The van der Waals surface area contributed by atoms with Gasteiger partial charge in [0.25, 0.3) is 5.13 Å². The molecule has 0 aromatic rings. The molecule has 0 saturated carbocycles. The lowest BCUT2D eigenvalue weighted by atomic mass is 10.4. The summed E-state index contributed by atoms with van der Waals surface area (Å²) in [4.78, 5) is 0. The summed E-state index contributed by atoms with van der Waals surface area (Å²) in [5.74, 6) is 0. The van der Waals surface area contributed by atoms with Crippen LogP contribution in [-0.2, 0) is 0 Å². The quantitative estimate of drug-likeness (QED) is 0.646. The Labute approximate surface area is 59.4 Å². The van der Waals surface area contributed by atoms with Crippen LogP contribution in [0.3, 0.4) is 0 Å². The molecule has 0 bridgehead atoms. The minimum absolute atomic E-state index is 1.52. The first-order chi connectivity index (χ1) is 3.81. The molecule has 56 valence electrons. The van der Waals surface area contributed by atoms with Gasteiger partial charge in [0.2, 0.25) is 0 Å². The van der Waals surface area contributed by atoms with E-state index < -0.39 is 17.1 Å². The van der Waals surface area contributed by atoms with Gasteiger partial charge in [0, 0.05) is 0 Å². The predicted octanol–water partition coefficient (Wildman–Crippen LogP) is 1.71. The van der Waals surface area contributed by atoms with Gasteiger partial charge in [0.15, 0.2) is 0 Å². The van der Waals surface area contributed by atoms with Crippen molar-refractivity contribution in [3.05, 3.63) is 0 Å². The molecule has 0 saturated heterocycles. The molecule has 0 fully saturated rings. The summed E-state index contributed by atoms with van der Waals surface area (Å²) in [6, 6.07) is 0. The molecule has 0 spiro atoms. The van der Waals surface area contributed by atoms with Gasteiger partial charge in [-0.1, -0.05) is 11.6 Å². The molecule has 6 heteroatoms. The Bertz CT molecular complexity index is 99.7. The number of alkyl halides is 5. The van der Waals surface area contributed by atoms with Gasteiger partial charge < -0.3 is 5.11 Å². The summed E-state index contributed by atoms with van der Waals surface area (Å²) in [5.41, 5.74) is 0. The Morgan fingerprint density at radius 3 is 1.56 bits per heavy atom. The molecule has 0 heterocycles. The van der Waals surface area contributed by atoms with Gasteiger partial charge in [0.1, 0.15) is 0 Å². The molecule has 0 aromatic heterocycles. The summed E-state index contributed by atoms with van der Waals surface area (Å²) in [6.45, 7) is -1.52. The van der Waals surface area contributed by atoms with Crippen LogP contribution in [0, 0.1) is 0 Å². The van der Waals surface area contributed by atoms with Crippen molar-refractivity contribution in [2.75, 3.05) is 6.61 Å². The van der Waals surface area contributed by atoms with E-state index in [1.807, 2.05) is 0 Å². The Hall–Kier alpha value is 0.330. The molecule has 0 aliphatic rings. The van der Waals surface area contributed by atoms with Crippen molar-refractivity contribution in [1.82, 2.24) is 0 Å². The molecular formula is C3H3Cl2F3O. The lowest BCUT2D eigenvalue weighted by Crippen LogP contribution is -2.37. The van der Waals surface area contributed by atoms with Crippen LogP contribution in [-0.4, -0.2) is 22.2 Å². The number of hydrogen-bond donors (Lipinski definition) is 1. The van der Waals surface area contributed by atoms with Crippen LogP contribution in [0.1, 0.15) is 0 Å². The number of halogens is 5. The maximum Gasteiger partial charge on any atom is 0.371 e. The fourth-order valence-electron chi connectivity index (χ4n) is 0.0896. The standard InChI is InChI=1S/C3H3Cl2F3O/c4-2(6,1-9)3(5,7)8/h9H,1H2. The largest absolute Gasteiger partial charge is 0.391 e. The average Bonchev–Trinajstić information content (AvgIpc) is 1.64. The minimum atomic E-state index is -4.23. The second kappa shape index (κ2) is 2.52. The maximum absolute atomic E-state index is 12.0. The molecule has 1 atom stereocenters. The normalized spacial score (nSPS) is 19.3. The Balaban J connectivity index is 4.14. The Morgan fingerprint density at radius 2 is 1.56 bits per heavy atom. The number of hydrogen-bond acceptors (Lipinski definition) is 1. The Kier molecular flexibility index (Phi) is 2.61. The van der Waals surface area contributed by atoms with Gasteiger partial charge in [0.05, 0.1) is 6.61 Å². The molecule has 1 unspecified atom stereocenters. The molecule has 0 aliphatic heterocycles. The first-order valence-corrected chi connectivity index (χ1v) is 2.62. The number of aliphatic hydroxyl groups is 1. The van der Waals surface area contributed by atoms with Crippen LogP contribution >= 0.6 is 23.2 Å². The van der Waals surface area contributed by atoms with Crippen LogP contribution in [0.25, 0.3) is 0 Å². The van der Waals surface area contributed by atoms with E-state index in [9.17, 15) is 13.2 Å². The van der Waals surface area contributed by atoms with Crippen LogP contribution in [0.2, 0.25) is 0 Å². The highest BCUT2D eigenvalue weighted by Crippen LogP contribution is 2.38. The molecule has 0 radical (unpaired) electrons. The minimum Gasteiger partial charge on any atom is -0.391 e. The van der Waals surface area contributed by atoms with Crippen molar-refractivity contribution in [2.45, 2.75) is 10.5 Å². The summed E-state index contributed by atoms with van der Waals surface area (Å²) >= 11 is 8.52. The summed E-state index contributed by atoms with van der Waals surface area (Å²) in [7, 11) is 0. The molecule has 0 aliphatic carbocycles. The third kappa shape index (κ3) is 2.20. The van der Waals surface area contributed by atoms with E-state index in [4.69, 9.17) is 5.11 Å².